The maximum Gasteiger partial charge on any atom is 0.262 e. The number of hydrogen-bond donors (Lipinski definition) is 2. The Balaban J connectivity index is 1.83. The number of benzene rings is 1. The second-order valence-electron chi connectivity index (χ2n) is 8.00. The molecular weight excluding hydrogens is 474 g/mol. The third-order valence-corrected chi connectivity index (χ3v) is 5.30. The lowest BCUT2D eigenvalue weighted by molar-refractivity contribution is 0.0687. The molecule has 0 aliphatic rings. The van der Waals surface area contributed by atoms with Crippen LogP contribution < -0.4 is 5.32 Å². The number of fused-ring (bicyclic) bond motifs is 1. The first kappa shape index (κ1) is 23.8. The highest BCUT2D eigenvalue weighted by Crippen LogP contribution is 2.36. The molecule has 3 aromatic heterocycles. The molecular formula is C23H18ClF4N5O. The Morgan fingerprint density at radius 3 is 2.29 bits per heavy atom. The van der Waals surface area contributed by atoms with Crippen molar-refractivity contribution >= 4 is 28.3 Å². The Labute approximate surface area is 196 Å². The third-order valence-electron chi connectivity index (χ3n) is 5.01. The lowest BCUT2D eigenvalue weighted by atomic mass is 10.1. The van der Waals surface area contributed by atoms with E-state index in [0.717, 1.165) is 18.3 Å². The Bertz CT molecular complexity index is 1350. The predicted molar refractivity (Wildman–Crippen MR) is 120 cm³/mol. The van der Waals surface area contributed by atoms with E-state index >= 15 is 0 Å². The number of halogens is 5. The second kappa shape index (κ2) is 9.11. The summed E-state index contributed by atoms with van der Waals surface area (Å²) in [5, 5.41) is 12.5. The van der Waals surface area contributed by atoms with Gasteiger partial charge in [0.25, 0.3) is 6.43 Å². The molecule has 11 heteroatoms. The van der Waals surface area contributed by atoms with E-state index in [4.69, 9.17) is 11.6 Å². The quantitative estimate of drug-likeness (QED) is 0.338. The molecule has 34 heavy (non-hydrogen) atoms. The van der Waals surface area contributed by atoms with Gasteiger partial charge < -0.3 is 10.4 Å². The van der Waals surface area contributed by atoms with Crippen molar-refractivity contribution in [1.82, 2.24) is 19.9 Å². The van der Waals surface area contributed by atoms with E-state index in [1.54, 1.807) is 0 Å². The topological polar surface area (TPSA) is 83.8 Å². The van der Waals surface area contributed by atoms with Crippen LogP contribution in [0.15, 0.2) is 48.9 Å². The SMILES string of the molecule is CC(C)(O)c1ncc(-c2nc3c(NC(c4ccccc4F)C(F)F)c(Cl)cnc3cc2F)cn1. The molecule has 0 aliphatic heterocycles. The molecule has 0 fully saturated rings. The van der Waals surface area contributed by atoms with Crippen LogP contribution in [0.25, 0.3) is 22.3 Å². The molecule has 1 atom stereocenters. The summed E-state index contributed by atoms with van der Waals surface area (Å²) in [7, 11) is 0. The Kier molecular flexibility index (Phi) is 6.37. The number of pyridine rings is 2. The van der Waals surface area contributed by atoms with Gasteiger partial charge in [0, 0.05) is 35.8 Å². The molecule has 4 aromatic rings. The number of nitrogens with one attached hydrogen (secondary N) is 1. The molecule has 176 valence electrons. The van der Waals surface area contributed by atoms with Crippen molar-refractivity contribution in [2.75, 3.05) is 5.32 Å². The lowest BCUT2D eigenvalue weighted by Crippen LogP contribution is -2.21. The molecule has 0 amide bonds. The van der Waals surface area contributed by atoms with Gasteiger partial charge in [0.15, 0.2) is 11.6 Å². The number of nitrogens with zero attached hydrogens (tertiary/aromatic N) is 4. The van der Waals surface area contributed by atoms with E-state index in [1.807, 2.05) is 0 Å². The fourth-order valence-corrected chi connectivity index (χ4v) is 3.52. The number of aliphatic hydroxyl groups is 1. The average Bonchev–Trinajstić information content (AvgIpc) is 2.78. The molecule has 0 saturated heterocycles. The highest BCUT2D eigenvalue weighted by atomic mass is 35.5. The normalized spacial score (nSPS) is 12.9. The molecule has 0 aliphatic carbocycles. The molecule has 1 unspecified atom stereocenters. The van der Waals surface area contributed by atoms with E-state index in [2.05, 4.69) is 25.3 Å². The van der Waals surface area contributed by atoms with Crippen LogP contribution in [0.5, 0.6) is 0 Å². The maximum atomic E-state index is 14.9. The van der Waals surface area contributed by atoms with Crippen molar-refractivity contribution < 1.29 is 22.7 Å². The standard InChI is InChI=1S/C23H18ClF4N5O/c1-23(2,34)22-30-8-11(9-31-22)17-15(26)7-16-20(32-17)19(13(24)10-29-16)33-18(21(27)28)12-5-3-4-6-14(12)25/h3-10,18,21,34H,1-2H3,(H,29,33). The van der Waals surface area contributed by atoms with E-state index in [-0.39, 0.29) is 44.4 Å². The minimum absolute atomic E-state index is 0.00236. The minimum Gasteiger partial charge on any atom is -0.382 e. The average molecular weight is 492 g/mol. The summed E-state index contributed by atoms with van der Waals surface area (Å²) in [5.74, 6) is -1.46. The summed E-state index contributed by atoms with van der Waals surface area (Å²) >= 11 is 6.24. The third kappa shape index (κ3) is 4.64. The van der Waals surface area contributed by atoms with Crippen LogP contribution in [0.2, 0.25) is 5.02 Å². The summed E-state index contributed by atoms with van der Waals surface area (Å²) in [6.07, 6.45) is 0.727. The van der Waals surface area contributed by atoms with Crippen molar-refractivity contribution in [2.24, 2.45) is 0 Å². The van der Waals surface area contributed by atoms with Crippen LogP contribution in [0.3, 0.4) is 0 Å². The van der Waals surface area contributed by atoms with Gasteiger partial charge in [-0.2, -0.15) is 0 Å². The van der Waals surface area contributed by atoms with Crippen molar-refractivity contribution in [2.45, 2.75) is 31.9 Å². The molecule has 2 N–H and O–H groups in total. The van der Waals surface area contributed by atoms with Crippen molar-refractivity contribution in [3.05, 3.63) is 77.0 Å². The smallest absolute Gasteiger partial charge is 0.262 e. The van der Waals surface area contributed by atoms with Crippen molar-refractivity contribution in [3.63, 3.8) is 0 Å². The van der Waals surface area contributed by atoms with Gasteiger partial charge in [-0.15, -0.1) is 0 Å². The van der Waals surface area contributed by atoms with Crippen LogP contribution >= 0.6 is 11.6 Å². The Hall–Kier alpha value is -3.37. The molecule has 0 radical (unpaired) electrons. The number of alkyl halides is 2. The van der Waals surface area contributed by atoms with Gasteiger partial charge >= 0.3 is 0 Å². The van der Waals surface area contributed by atoms with E-state index in [9.17, 15) is 22.7 Å². The summed E-state index contributed by atoms with van der Waals surface area (Å²) in [6.45, 7) is 2.99. The Morgan fingerprint density at radius 2 is 1.68 bits per heavy atom. The van der Waals surface area contributed by atoms with Crippen LogP contribution in [-0.2, 0) is 5.60 Å². The molecule has 6 nitrogen and oxygen atoms in total. The van der Waals surface area contributed by atoms with Crippen LogP contribution in [-0.4, -0.2) is 31.5 Å². The van der Waals surface area contributed by atoms with Gasteiger partial charge in [-0.1, -0.05) is 29.8 Å². The summed E-state index contributed by atoms with van der Waals surface area (Å²) in [4.78, 5) is 16.4. The Morgan fingerprint density at radius 1 is 1.00 bits per heavy atom. The van der Waals surface area contributed by atoms with Gasteiger partial charge in [0.05, 0.1) is 16.2 Å². The summed E-state index contributed by atoms with van der Waals surface area (Å²) < 4.78 is 56.9. The van der Waals surface area contributed by atoms with Gasteiger partial charge in [-0.25, -0.2) is 32.5 Å². The zero-order valence-electron chi connectivity index (χ0n) is 17.9. The van der Waals surface area contributed by atoms with E-state index < -0.39 is 29.7 Å². The first-order valence-electron chi connectivity index (χ1n) is 10.1. The highest BCUT2D eigenvalue weighted by Gasteiger charge is 2.27. The second-order valence-corrected chi connectivity index (χ2v) is 8.41. The molecule has 4 rings (SSSR count). The summed E-state index contributed by atoms with van der Waals surface area (Å²) in [5.41, 5.74) is -1.59. The maximum absolute atomic E-state index is 14.9. The van der Waals surface area contributed by atoms with Gasteiger partial charge in [-0.3, -0.25) is 4.98 Å². The molecule has 3 heterocycles. The minimum atomic E-state index is -3.00. The number of hydrogen-bond acceptors (Lipinski definition) is 6. The lowest BCUT2D eigenvalue weighted by Gasteiger charge is -2.21. The number of anilines is 1. The van der Waals surface area contributed by atoms with Crippen LogP contribution in [0.4, 0.5) is 23.2 Å². The fraction of sp³-hybridized carbons (Fsp3) is 0.217. The summed E-state index contributed by atoms with van der Waals surface area (Å²) in [6, 6.07) is 4.44. The molecule has 0 saturated carbocycles. The monoisotopic (exact) mass is 491 g/mol. The van der Waals surface area contributed by atoms with Crippen molar-refractivity contribution in [3.8, 4) is 11.3 Å². The van der Waals surface area contributed by atoms with Gasteiger partial charge in [0.1, 0.15) is 28.7 Å². The van der Waals surface area contributed by atoms with Crippen LogP contribution in [0.1, 0.15) is 31.3 Å². The number of rotatable bonds is 6. The largest absolute Gasteiger partial charge is 0.382 e. The number of aromatic nitrogens is 4. The molecule has 0 bridgehead atoms. The molecule has 1 aromatic carbocycles. The first-order chi connectivity index (χ1) is 16.1. The molecule has 0 spiro atoms. The van der Waals surface area contributed by atoms with Crippen molar-refractivity contribution in [1.29, 1.82) is 0 Å². The van der Waals surface area contributed by atoms with E-state index in [0.29, 0.717) is 0 Å². The highest BCUT2D eigenvalue weighted by molar-refractivity contribution is 6.34. The predicted octanol–water partition coefficient (Wildman–Crippen LogP) is 5.66. The zero-order chi connectivity index (χ0) is 24.6. The first-order valence-corrected chi connectivity index (χ1v) is 10.4. The zero-order valence-corrected chi connectivity index (χ0v) is 18.7. The van der Waals surface area contributed by atoms with Gasteiger partial charge in [-0.05, 0) is 19.9 Å². The van der Waals surface area contributed by atoms with E-state index in [1.165, 1.54) is 44.4 Å². The van der Waals surface area contributed by atoms with Crippen LogP contribution in [0, 0.1) is 11.6 Å². The fourth-order valence-electron chi connectivity index (χ4n) is 3.33. The van der Waals surface area contributed by atoms with Gasteiger partial charge in [0.2, 0.25) is 0 Å².